The summed E-state index contributed by atoms with van der Waals surface area (Å²) < 4.78 is 0. The number of hydrogen-bond donors (Lipinski definition) is 2. The molecule has 0 saturated heterocycles. The number of allylic oxidation sites excluding steroid dienone is 4. The molecule has 17 heavy (non-hydrogen) atoms. The Balaban J connectivity index is -0.0000000480. The number of aliphatic hydroxyl groups is 2. The number of hydrogen-bond acceptors (Lipinski definition) is 4. The average Bonchev–Trinajstić information content (AvgIpc) is 1.79. The molecule has 0 unspecified atom stereocenters. The normalized spacial score (nSPS) is 9.41. The third kappa shape index (κ3) is 52.2. The largest absolute Gasteiger partial charge is 0.512 e. The maximum atomic E-state index is 10.0. The molecule has 7 heteroatoms. The third-order valence-corrected chi connectivity index (χ3v) is 0.824. The van der Waals surface area contributed by atoms with Gasteiger partial charge in [-0.2, -0.15) is 0 Å². The Kier molecular flexibility index (Phi) is 30.1. The molecule has 0 saturated carbocycles. The Morgan fingerprint density at radius 1 is 0.765 bits per heavy atom. The SMILES string of the molecule is CC(=O)C=C(C)O.CC(=O)C=C(C)O.O.O.[Mn]. The molecule has 6 N–H and O–H groups in total. The Bertz CT molecular complexity index is 234. The predicted octanol–water partition coefficient (Wildman–Crippen LogP) is 0.422. The molecule has 0 fully saturated rings. The minimum absolute atomic E-state index is 0. The van der Waals surface area contributed by atoms with Gasteiger partial charge in [0.2, 0.25) is 0 Å². The van der Waals surface area contributed by atoms with E-state index in [0.29, 0.717) is 0 Å². The molecule has 0 heterocycles. The number of ketones is 2. The van der Waals surface area contributed by atoms with Gasteiger partial charge in [-0.3, -0.25) is 9.59 Å². The molecule has 0 aromatic heterocycles. The van der Waals surface area contributed by atoms with Crippen molar-refractivity contribution in [2.75, 3.05) is 0 Å². The second-order valence-corrected chi connectivity index (χ2v) is 2.79. The van der Waals surface area contributed by atoms with E-state index in [1.54, 1.807) is 0 Å². The van der Waals surface area contributed by atoms with Crippen LogP contribution >= 0.6 is 0 Å². The van der Waals surface area contributed by atoms with E-state index >= 15 is 0 Å². The number of carbonyl (C=O) groups excluding carboxylic acids is 2. The zero-order valence-corrected chi connectivity index (χ0v) is 11.4. The van der Waals surface area contributed by atoms with Crippen LogP contribution in [0.2, 0.25) is 0 Å². The van der Waals surface area contributed by atoms with Gasteiger partial charge in [0.25, 0.3) is 0 Å². The molecule has 0 bridgehead atoms. The quantitative estimate of drug-likeness (QED) is 0.432. The fourth-order valence-electron chi connectivity index (χ4n) is 0.588. The molecule has 0 aromatic carbocycles. The van der Waals surface area contributed by atoms with Crippen LogP contribution in [0, 0.1) is 0 Å². The number of aliphatic hydroxyl groups excluding tert-OH is 2. The molecule has 6 nitrogen and oxygen atoms in total. The van der Waals surface area contributed by atoms with E-state index in [2.05, 4.69) is 0 Å². The first-order valence-corrected chi connectivity index (χ1v) is 4.01. The smallest absolute Gasteiger partial charge is 0.155 e. The van der Waals surface area contributed by atoms with Gasteiger partial charge in [0.05, 0.1) is 11.5 Å². The molecule has 103 valence electrons. The van der Waals surface area contributed by atoms with Crippen molar-refractivity contribution in [3.63, 3.8) is 0 Å². The standard InChI is InChI=1S/2C5H8O2.Mn.2H2O/c2*1-4(6)3-5(2)7;;;/h2*3,6H,1-2H3;;2*1H2. The van der Waals surface area contributed by atoms with Gasteiger partial charge in [-0.25, -0.2) is 0 Å². The Morgan fingerprint density at radius 3 is 0.941 bits per heavy atom. The van der Waals surface area contributed by atoms with E-state index in [1.807, 2.05) is 0 Å². The molecule has 0 aliphatic carbocycles. The van der Waals surface area contributed by atoms with Gasteiger partial charge < -0.3 is 21.2 Å². The van der Waals surface area contributed by atoms with Gasteiger partial charge in [0, 0.05) is 29.2 Å². The van der Waals surface area contributed by atoms with Crippen molar-refractivity contribution < 1.29 is 47.8 Å². The van der Waals surface area contributed by atoms with Crippen molar-refractivity contribution in [3.05, 3.63) is 23.7 Å². The van der Waals surface area contributed by atoms with Gasteiger partial charge in [-0.05, 0) is 27.7 Å². The summed E-state index contributed by atoms with van der Waals surface area (Å²) in [6.45, 7) is 5.70. The van der Waals surface area contributed by atoms with Crippen molar-refractivity contribution in [1.29, 1.82) is 0 Å². The predicted molar refractivity (Wildman–Crippen MR) is 61.4 cm³/mol. The first-order chi connectivity index (χ1) is 6.25. The van der Waals surface area contributed by atoms with E-state index < -0.39 is 0 Å². The van der Waals surface area contributed by atoms with E-state index in [9.17, 15) is 9.59 Å². The second-order valence-electron chi connectivity index (χ2n) is 2.79. The summed E-state index contributed by atoms with van der Waals surface area (Å²) in [4.78, 5) is 20.0. The Labute approximate surface area is 111 Å². The number of rotatable bonds is 2. The van der Waals surface area contributed by atoms with Crippen molar-refractivity contribution >= 4 is 11.6 Å². The van der Waals surface area contributed by atoms with Crippen LogP contribution in [0.25, 0.3) is 0 Å². The first kappa shape index (κ1) is 29.7. The molecule has 1 radical (unpaired) electrons. The zero-order chi connectivity index (χ0) is 11.7. The summed E-state index contributed by atoms with van der Waals surface area (Å²) in [6, 6.07) is 0. The summed E-state index contributed by atoms with van der Waals surface area (Å²) in [7, 11) is 0. The molecular formula is C10H20MnO6. The zero-order valence-electron chi connectivity index (χ0n) is 10.2. The van der Waals surface area contributed by atoms with E-state index in [-0.39, 0.29) is 51.1 Å². The second kappa shape index (κ2) is 17.3. The summed E-state index contributed by atoms with van der Waals surface area (Å²) >= 11 is 0. The molecular weight excluding hydrogens is 271 g/mol. The van der Waals surface area contributed by atoms with Crippen molar-refractivity contribution in [1.82, 2.24) is 0 Å². The minimum Gasteiger partial charge on any atom is -0.512 e. The van der Waals surface area contributed by atoms with E-state index in [1.165, 1.54) is 39.8 Å². The maximum absolute atomic E-state index is 10.0. The maximum Gasteiger partial charge on any atom is 0.155 e. The molecule has 0 rings (SSSR count). The summed E-state index contributed by atoms with van der Waals surface area (Å²) in [5, 5.41) is 16.7. The van der Waals surface area contributed by atoms with Crippen LogP contribution in [0.15, 0.2) is 23.7 Å². The third-order valence-electron chi connectivity index (χ3n) is 0.824. The average molecular weight is 291 g/mol. The number of carbonyl (C=O) groups is 2. The molecule has 0 aliphatic heterocycles. The van der Waals surface area contributed by atoms with Crippen LogP contribution in [-0.4, -0.2) is 32.7 Å². The van der Waals surface area contributed by atoms with Gasteiger partial charge >= 0.3 is 0 Å². The van der Waals surface area contributed by atoms with Crippen LogP contribution < -0.4 is 0 Å². The van der Waals surface area contributed by atoms with Crippen LogP contribution in [0.4, 0.5) is 0 Å². The topological polar surface area (TPSA) is 138 Å². The van der Waals surface area contributed by atoms with Gasteiger partial charge in [0.1, 0.15) is 0 Å². The van der Waals surface area contributed by atoms with Crippen molar-refractivity contribution in [2.45, 2.75) is 27.7 Å². The minimum atomic E-state index is -0.125. The van der Waals surface area contributed by atoms with Gasteiger partial charge in [-0.1, -0.05) is 0 Å². The fourth-order valence-corrected chi connectivity index (χ4v) is 0.588. The van der Waals surface area contributed by atoms with Crippen molar-refractivity contribution in [2.24, 2.45) is 0 Å². The molecule has 0 amide bonds. The summed E-state index contributed by atoms with van der Waals surface area (Å²) in [5.74, 6) is -0.125. The Hall–Kier alpha value is -1.14. The van der Waals surface area contributed by atoms with Gasteiger partial charge in [-0.15, -0.1) is 0 Å². The summed E-state index contributed by atoms with van der Waals surface area (Å²) in [5.41, 5.74) is 0. The fraction of sp³-hybridized carbons (Fsp3) is 0.400. The van der Waals surface area contributed by atoms with Crippen molar-refractivity contribution in [3.8, 4) is 0 Å². The van der Waals surface area contributed by atoms with Crippen LogP contribution in [0.3, 0.4) is 0 Å². The van der Waals surface area contributed by atoms with Crippen LogP contribution in [-0.2, 0) is 26.7 Å². The molecule has 0 aliphatic rings. The first-order valence-electron chi connectivity index (χ1n) is 4.01. The van der Waals surface area contributed by atoms with Crippen LogP contribution in [0.1, 0.15) is 27.7 Å². The molecule has 0 aromatic rings. The van der Waals surface area contributed by atoms with E-state index in [4.69, 9.17) is 10.2 Å². The summed E-state index contributed by atoms with van der Waals surface area (Å²) in [6.07, 6.45) is 2.33. The van der Waals surface area contributed by atoms with Gasteiger partial charge in [0.15, 0.2) is 11.6 Å². The Morgan fingerprint density at radius 2 is 0.941 bits per heavy atom. The molecule has 0 spiro atoms. The monoisotopic (exact) mass is 291 g/mol. The van der Waals surface area contributed by atoms with Crippen LogP contribution in [0.5, 0.6) is 0 Å². The van der Waals surface area contributed by atoms with E-state index in [0.717, 1.165) is 0 Å². The molecule has 0 atom stereocenters.